The van der Waals surface area contributed by atoms with Crippen LogP contribution in [0.4, 0.5) is 4.39 Å². The largest absolute Gasteiger partial charge is 0.361 e. The topological polar surface area (TPSA) is 36.1 Å². The summed E-state index contributed by atoms with van der Waals surface area (Å²) in [5, 5.41) is 1.08. The molecule has 0 unspecified atom stereocenters. The van der Waals surface area contributed by atoms with Crippen molar-refractivity contribution in [3.63, 3.8) is 0 Å². The van der Waals surface area contributed by atoms with E-state index in [-0.39, 0.29) is 5.91 Å². The van der Waals surface area contributed by atoms with Gasteiger partial charge in [0.2, 0.25) is 0 Å². The molecular weight excluding hydrogens is 243 g/mol. The molecule has 0 saturated carbocycles. The second-order valence-corrected chi connectivity index (χ2v) is 5.20. The van der Waals surface area contributed by atoms with Gasteiger partial charge in [0, 0.05) is 35.8 Å². The molecule has 0 atom stereocenters. The second-order valence-electron chi connectivity index (χ2n) is 5.20. The Labute approximate surface area is 111 Å². The van der Waals surface area contributed by atoms with Gasteiger partial charge in [-0.25, -0.2) is 4.39 Å². The molecule has 1 amide bonds. The Kier molecular flexibility index (Phi) is 3.01. The minimum Gasteiger partial charge on any atom is -0.361 e. The monoisotopic (exact) mass is 260 g/mol. The third kappa shape index (κ3) is 2.23. The lowest BCUT2D eigenvalue weighted by Crippen LogP contribution is -2.39. The molecule has 0 spiro atoms. The normalized spacial score (nSPS) is 17.1. The standard InChI is InChI=1S/C15H17FN2O/c1-10-9-17-14-3-2-11(8-13(10)14)15(19)18-6-4-12(16)5-7-18/h2-3,8-9,12,17H,4-7H2,1H3. The molecule has 1 saturated heterocycles. The van der Waals surface area contributed by atoms with Crippen LogP contribution in [0.25, 0.3) is 10.9 Å². The summed E-state index contributed by atoms with van der Waals surface area (Å²) in [4.78, 5) is 17.3. The van der Waals surface area contributed by atoms with Gasteiger partial charge in [0.05, 0.1) is 0 Å². The molecule has 4 heteroatoms. The number of hydrogen-bond donors (Lipinski definition) is 1. The van der Waals surface area contributed by atoms with Crippen LogP contribution in [-0.2, 0) is 0 Å². The van der Waals surface area contributed by atoms with Crippen molar-refractivity contribution in [2.75, 3.05) is 13.1 Å². The molecule has 3 rings (SSSR count). The summed E-state index contributed by atoms with van der Waals surface area (Å²) in [5.41, 5.74) is 2.86. The quantitative estimate of drug-likeness (QED) is 0.840. The van der Waals surface area contributed by atoms with Crippen LogP contribution in [-0.4, -0.2) is 35.1 Å². The number of nitrogens with one attached hydrogen (secondary N) is 1. The van der Waals surface area contributed by atoms with Gasteiger partial charge in [0.25, 0.3) is 5.91 Å². The molecule has 1 fully saturated rings. The average molecular weight is 260 g/mol. The van der Waals surface area contributed by atoms with Gasteiger partial charge >= 0.3 is 0 Å². The zero-order valence-corrected chi connectivity index (χ0v) is 10.9. The van der Waals surface area contributed by atoms with Crippen molar-refractivity contribution in [1.82, 2.24) is 9.88 Å². The molecule has 2 aromatic rings. The number of aromatic amines is 1. The lowest BCUT2D eigenvalue weighted by atomic mass is 10.1. The fourth-order valence-corrected chi connectivity index (χ4v) is 2.63. The number of nitrogens with zero attached hydrogens (tertiary/aromatic N) is 1. The van der Waals surface area contributed by atoms with Crippen LogP contribution >= 0.6 is 0 Å². The van der Waals surface area contributed by atoms with Crippen LogP contribution in [0, 0.1) is 6.92 Å². The maximum atomic E-state index is 13.1. The summed E-state index contributed by atoms with van der Waals surface area (Å²) in [6, 6.07) is 5.69. The number of alkyl halides is 1. The molecule has 1 aliphatic rings. The molecule has 3 nitrogen and oxygen atoms in total. The maximum Gasteiger partial charge on any atom is 0.253 e. The molecular formula is C15H17FN2O. The second kappa shape index (κ2) is 4.68. The van der Waals surface area contributed by atoms with Crippen LogP contribution in [0.3, 0.4) is 0 Å². The highest BCUT2D eigenvalue weighted by Gasteiger charge is 2.23. The van der Waals surface area contributed by atoms with Crippen LogP contribution in [0.2, 0.25) is 0 Å². The van der Waals surface area contributed by atoms with Crippen LogP contribution in [0.15, 0.2) is 24.4 Å². The number of fused-ring (bicyclic) bond motifs is 1. The van der Waals surface area contributed by atoms with Crippen molar-refractivity contribution in [3.8, 4) is 0 Å². The molecule has 0 aliphatic carbocycles. The van der Waals surface area contributed by atoms with E-state index in [1.165, 1.54) is 0 Å². The number of halogens is 1. The Hall–Kier alpha value is -1.84. The highest BCUT2D eigenvalue weighted by Crippen LogP contribution is 2.21. The van der Waals surface area contributed by atoms with Gasteiger partial charge in [-0.3, -0.25) is 4.79 Å². The van der Waals surface area contributed by atoms with Crippen LogP contribution < -0.4 is 0 Å². The summed E-state index contributed by atoms with van der Waals surface area (Å²) in [6.07, 6.45) is 2.10. The van der Waals surface area contributed by atoms with Gasteiger partial charge in [-0.2, -0.15) is 0 Å². The SMILES string of the molecule is Cc1c[nH]c2ccc(C(=O)N3CCC(F)CC3)cc12. The van der Waals surface area contributed by atoms with Gasteiger partial charge in [0.1, 0.15) is 6.17 Å². The predicted octanol–water partition coefficient (Wildman–Crippen LogP) is 3.05. The Morgan fingerprint density at radius 3 is 2.84 bits per heavy atom. The zero-order valence-electron chi connectivity index (χ0n) is 10.9. The number of H-pyrrole nitrogens is 1. The van der Waals surface area contributed by atoms with E-state index in [1.54, 1.807) is 4.90 Å². The number of carbonyl (C=O) groups excluding carboxylic acids is 1. The first kappa shape index (κ1) is 12.2. The molecule has 1 N–H and O–H groups in total. The Bertz CT molecular complexity index is 612. The molecule has 2 heterocycles. The number of hydrogen-bond acceptors (Lipinski definition) is 1. The lowest BCUT2D eigenvalue weighted by molar-refractivity contribution is 0.0667. The molecule has 1 aromatic heterocycles. The highest BCUT2D eigenvalue weighted by molar-refractivity contribution is 5.98. The van der Waals surface area contributed by atoms with Gasteiger partial charge in [-0.15, -0.1) is 0 Å². The maximum absolute atomic E-state index is 13.1. The minimum absolute atomic E-state index is 0.00870. The molecule has 1 aliphatic heterocycles. The predicted molar refractivity (Wildman–Crippen MR) is 73.1 cm³/mol. The van der Waals surface area contributed by atoms with E-state index in [1.807, 2.05) is 31.3 Å². The number of likely N-dealkylation sites (tertiary alicyclic amines) is 1. The Morgan fingerprint density at radius 1 is 1.37 bits per heavy atom. The average Bonchev–Trinajstić information content (AvgIpc) is 2.80. The van der Waals surface area contributed by atoms with Crippen molar-refractivity contribution in [2.24, 2.45) is 0 Å². The van der Waals surface area contributed by atoms with Crippen molar-refractivity contribution in [1.29, 1.82) is 0 Å². The first-order valence-electron chi connectivity index (χ1n) is 6.66. The van der Waals surface area contributed by atoms with E-state index in [2.05, 4.69) is 4.98 Å². The third-order valence-electron chi connectivity index (χ3n) is 3.85. The first-order chi connectivity index (χ1) is 9.15. The summed E-state index contributed by atoms with van der Waals surface area (Å²) >= 11 is 0. The third-order valence-corrected chi connectivity index (χ3v) is 3.85. The van der Waals surface area contributed by atoms with Gasteiger partial charge in [-0.05, 0) is 43.5 Å². The number of aromatic nitrogens is 1. The fourth-order valence-electron chi connectivity index (χ4n) is 2.63. The smallest absolute Gasteiger partial charge is 0.253 e. The number of rotatable bonds is 1. The number of piperidine rings is 1. The molecule has 1 aromatic carbocycles. The van der Waals surface area contributed by atoms with Crippen molar-refractivity contribution < 1.29 is 9.18 Å². The van der Waals surface area contributed by atoms with Crippen molar-refractivity contribution >= 4 is 16.8 Å². The van der Waals surface area contributed by atoms with Crippen molar-refractivity contribution in [2.45, 2.75) is 25.9 Å². The summed E-state index contributed by atoms with van der Waals surface area (Å²) in [6.45, 7) is 3.05. The van der Waals surface area contributed by atoms with Gasteiger partial charge in [-0.1, -0.05) is 0 Å². The number of amides is 1. The van der Waals surface area contributed by atoms with Gasteiger partial charge < -0.3 is 9.88 Å². The fraction of sp³-hybridized carbons (Fsp3) is 0.400. The van der Waals surface area contributed by atoms with E-state index < -0.39 is 6.17 Å². The van der Waals surface area contributed by atoms with Crippen LogP contribution in [0.1, 0.15) is 28.8 Å². The number of carbonyl (C=O) groups is 1. The molecule has 19 heavy (non-hydrogen) atoms. The molecule has 0 radical (unpaired) electrons. The van der Waals surface area contributed by atoms with Gasteiger partial charge in [0.15, 0.2) is 0 Å². The lowest BCUT2D eigenvalue weighted by Gasteiger charge is -2.28. The van der Waals surface area contributed by atoms with Crippen LogP contribution in [0.5, 0.6) is 0 Å². The number of benzene rings is 1. The van der Waals surface area contributed by atoms with Crippen molar-refractivity contribution in [3.05, 3.63) is 35.5 Å². The highest BCUT2D eigenvalue weighted by atomic mass is 19.1. The molecule has 100 valence electrons. The van der Waals surface area contributed by atoms with E-state index in [4.69, 9.17) is 0 Å². The Morgan fingerprint density at radius 2 is 2.11 bits per heavy atom. The number of aryl methyl sites for hydroxylation is 1. The zero-order chi connectivity index (χ0) is 13.4. The molecule has 0 bridgehead atoms. The van der Waals surface area contributed by atoms with E-state index in [9.17, 15) is 9.18 Å². The summed E-state index contributed by atoms with van der Waals surface area (Å²) in [7, 11) is 0. The summed E-state index contributed by atoms with van der Waals surface area (Å²) in [5.74, 6) is 0.00870. The Balaban J connectivity index is 1.87. The van der Waals surface area contributed by atoms with E-state index >= 15 is 0 Å². The van der Waals surface area contributed by atoms with E-state index in [0.29, 0.717) is 31.5 Å². The summed E-state index contributed by atoms with van der Waals surface area (Å²) < 4.78 is 13.1. The minimum atomic E-state index is -0.751. The first-order valence-corrected chi connectivity index (χ1v) is 6.66. The van der Waals surface area contributed by atoms with E-state index in [0.717, 1.165) is 16.5 Å².